The quantitative estimate of drug-likeness (QED) is 0.121. The van der Waals surface area contributed by atoms with Crippen LogP contribution in [0, 0.1) is 0 Å². The highest BCUT2D eigenvalue weighted by atomic mass is 32.2. The van der Waals surface area contributed by atoms with Crippen LogP contribution < -0.4 is 14.9 Å². The molecule has 2 aromatic heterocycles. The maximum absolute atomic E-state index is 14.6. The molecule has 7 aromatic rings. The maximum atomic E-state index is 14.6. The molecule has 8 rings (SSSR count). The minimum Gasteiger partial charge on any atom is -0.463 e. The number of carbonyl (C=O) groups excluding carboxylic acids is 1. The number of carbonyl (C=O) groups is 1. The van der Waals surface area contributed by atoms with Gasteiger partial charge in [-0.1, -0.05) is 114 Å². The molecule has 3 heterocycles. The number of hydrogen-bond acceptors (Lipinski definition) is 6. The van der Waals surface area contributed by atoms with E-state index >= 15 is 0 Å². The third-order valence-corrected chi connectivity index (χ3v) is 10.9. The molecular weight excluding hydrogens is 659 g/mol. The Balaban J connectivity index is 1.32. The van der Waals surface area contributed by atoms with E-state index < -0.39 is 12.0 Å². The highest BCUT2D eigenvalue weighted by Gasteiger charge is 2.35. The van der Waals surface area contributed by atoms with E-state index in [-0.39, 0.29) is 12.2 Å². The summed E-state index contributed by atoms with van der Waals surface area (Å²) in [4.78, 5) is 35.0. The lowest BCUT2D eigenvalue weighted by atomic mass is 9.93. The maximum Gasteiger partial charge on any atom is 0.338 e. The minimum absolute atomic E-state index is 0.201. The highest BCUT2D eigenvalue weighted by molar-refractivity contribution is 7.98. The molecule has 50 heavy (non-hydrogen) atoms. The number of fused-ring (bicyclic) bond motifs is 3. The van der Waals surface area contributed by atoms with Crippen molar-refractivity contribution in [3.05, 3.63) is 175 Å². The molecule has 0 unspecified atom stereocenters. The fraction of sp³-hybridized carbons (Fsp3) is 0.119. The lowest BCUT2D eigenvalue weighted by Crippen LogP contribution is -2.40. The Bertz CT molecular complexity index is 2610. The third-order valence-electron chi connectivity index (χ3n) is 9.13. The second-order valence-electron chi connectivity index (χ2n) is 12.1. The van der Waals surface area contributed by atoms with Crippen LogP contribution in [0.15, 0.2) is 148 Å². The summed E-state index contributed by atoms with van der Waals surface area (Å²) in [5.41, 5.74) is 5.52. The largest absolute Gasteiger partial charge is 0.463 e. The summed E-state index contributed by atoms with van der Waals surface area (Å²) in [7, 11) is 0. The van der Waals surface area contributed by atoms with Crippen molar-refractivity contribution in [1.29, 1.82) is 0 Å². The van der Waals surface area contributed by atoms with Gasteiger partial charge in [-0.3, -0.25) is 9.36 Å². The SMILES string of the molecule is CCOC(=O)C1=C(c2ccccc2)N=c2s/c(=C\c3cn(Cc4cccc5ccccc45)c4ccccc34)c(=O)n2[C@H]1c1ccc(SC)cc1. The zero-order valence-electron chi connectivity index (χ0n) is 27.6. The van der Waals surface area contributed by atoms with Crippen LogP contribution in [-0.2, 0) is 16.1 Å². The van der Waals surface area contributed by atoms with Gasteiger partial charge in [-0.25, -0.2) is 9.79 Å². The molecule has 5 aromatic carbocycles. The fourth-order valence-corrected chi connectivity index (χ4v) is 8.22. The van der Waals surface area contributed by atoms with Crippen LogP contribution in [0.2, 0.25) is 0 Å². The molecule has 0 saturated carbocycles. The van der Waals surface area contributed by atoms with E-state index in [2.05, 4.69) is 65.4 Å². The summed E-state index contributed by atoms with van der Waals surface area (Å²) in [6, 6.07) is 40.1. The van der Waals surface area contributed by atoms with Gasteiger partial charge in [0, 0.05) is 39.7 Å². The second-order valence-corrected chi connectivity index (χ2v) is 14.0. The highest BCUT2D eigenvalue weighted by Crippen LogP contribution is 2.36. The van der Waals surface area contributed by atoms with Crippen LogP contribution in [0.4, 0.5) is 0 Å². The van der Waals surface area contributed by atoms with Gasteiger partial charge in [0.05, 0.1) is 28.5 Å². The van der Waals surface area contributed by atoms with E-state index in [4.69, 9.17) is 9.73 Å². The predicted molar refractivity (Wildman–Crippen MR) is 204 cm³/mol. The Kier molecular flexibility index (Phi) is 8.56. The molecular formula is C42H33N3O3S2. The molecule has 1 aliphatic rings. The first-order valence-electron chi connectivity index (χ1n) is 16.5. The number of esters is 1. The van der Waals surface area contributed by atoms with Crippen molar-refractivity contribution in [1.82, 2.24) is 9.13 Å². The Hall–Kier alpha value is -5.44. The monoisotopic (exact) mass is 691 g/mol. The van der Waals surface area contributed by atoms with E-state index in [0.717, 1.165) is 32.5 Å². The minimum atomic E-state index is -0.716. The van der Waals surface area contributed by atoms with Crippen LogP contribution in [-0.4, -0.2) is 28.0 Å². The number of rotatable bonds is 8. The molecule has 0 aliphatic carbocycles. The van der Waals surface area contributed by atoms with Gasteiger partial charge in [0.2, 0.25) is 0 Å². The van der Waals surface area contributed by atoms with Gasteiger partial charge in [-0.2, -0.15) is 0 Å². The molecule has 0 radical (unpaired) electrons. The number of aromatic nitrogens is 2. The van der Waals surface area contributed by atoms with Gasteiger partial charge in [-0.05, 0) is 59.4 Å². The molecule has 0 N–H and O–H groups in total. The molecule has 6 nitrogen and oxygen atoms in total. The van der Waals surface area contributed by atoms with Gasteiger partial charge >= 0.3 is 5.97 Å². The number of benzene rings is 5. The second kappa shape index (κ2) is 13.5. The summed E-state index contributed by atoms with van der Waals surface area (Å²) < 4.78 is 10.1. The number of hydrogen-bond donors (Lipinski definition) is 0. The van der Waals surface area contributed by atoms with Crippen molar-refractivity contribution in [2.24, 2.45) is 4.99 Å². The molecule has 0 fully saturated rings. The van der Waals surface area contributed by atoms with Crippen molar-refractivity contribution >= 4 is 62.5 Å². The van der Waals surface area contributed by atoms with Crippen LogP contribution in [0.3, 0.4) is 0 Å². The van der Waals surface area contributed by atoms with Gasteiger partial charge in [-0.15, -0.1) is 11.8 Å². The number of nitrogens with zero attached hydrogens (tertiary/aromatic N) is 3. The van der Waals surface area contributed by atoms with Gasteiger partial charge < -0.3 is 9.30 Å². The summed E-state index contributed by atoms with van der Waals surface area (Å²) in [5, 5.41) is 3.48. The van der Waals surface area contributed by atoms with Gasteiger partial charge in [0.25, 0.3) is 5.56 Å². The summed E-state index contributed by atoms with van der Waals surface area (Å²) in [6.45, 7) is 2.68. The fourth-order valence-electron chi connectivity index (χ4n) is 6.82. The van der Waals surface area contributed by atoms with Crippen LogP contribution >= 0.6 is 23.1 Å². The Labute approximate surface area is 297 Å². The van der Waals surface area contributed by atoms with Crippen molar-refractivity contribution in [2.75, 3.05) is 12.9 Å². The van der Waals surface area contributed by atoms with E-state index in [1.54, 1.807) is 23.3 Å². The van der Waals surface area contributed by atoms with Crippen molar-refractivity contribution in [2.45, 2.75) is 24.4 Å². The molecule has 8 heteroatoms. The van der Waals surface area contributed by atoms with Crippen LogP contribution in [0.1, 0.15) is 35.2 Å². The first-order valence-corrected chi connectivity index (χ1v) is 18.5. The van der Waals surface area contributed by atoms with Crippen molar-refractivity contribution in [3.63, 3.8) is 0 Å². The topological polar surface area (TPSA) is 65.6 Å². The first-order chi connectivity index (χ1) is 24.5. The van der Waals surface area contributed by atoms with Gasteiger partial charge in [0.1, 0.15) is 0 Å². The number of thiazole rings is 1. The van der Waals surface area contributed by atoms with Crippen molar-refractivity contribution < 1.29 is 9.53 Å². The number of para-hydroxylation sites is 1. The van der Waals surface area contributed by atoms with Crippen LogP contribution in [0.5, 0.6) is 0 Å². The van der Waals surface area contributed by atoms with Crippen molar-refractivity contribution in [3.8, 4) is 0 Å². The molecule has 0 amide bonds. The smallest absolute Gasteiger partial charge is 0.338 e. The van der Waals surface area contributed by atoms with E-state index in [1.807, 2.05) is 79.1 Å². The van der Waals surface area contributed by atoms with Gasteiger partial charge in [0.15, 0.2) is 4.80 Å². The normalized spacial score (nSPS) is 14.6. The third kappa shape index (κ3) is 5.70. The zero-order chi connectivity index (χ0) is 34.2. The lowest BCUT2D eigenvalue weighted by Gasteiger charge is -2.26. The number of ether oxygens (including phenoxy) is 1. The Morgan fingerprint density at radius 2 is 1.60 bits per heavy atom. The van der Waals surface area contributed by atoms with E-state index in [9.17, 15) is 9.59 Å². The standard InChI is InChI=1S/C42H33N3O3S2/c1-3-48-41(47)37-38(28-13-5-4-6-14-28)43-42-45(39(37)29-20-22-32(49-2)23-21-29)40(46)36(50-42)24-31-26-44(35-19-10-9-18-34(31)35)25-30-16-11-15-27-12-7-8-17-33(27)30/h4-24,26,39H,3,25H2,1-2H3/b36-24-/t39-/m0/s1. The Morgan fingerprint density at radius 3 is 2.38 bits per heavy atom. The molecule has 1 aliphatic heterocycles. The lowest BCUT2D eigenvalue weighted by molar-refractivity contribution is -0.138. The summed E-state index contributed by atoms with van der Waals surface area (Å²) >= 11 is 2.98. The molecule has 0 spiro atoms. The summed E-state index contributed by atoms with van der Waals surface area (Å²) in [6.07, 6.45) is 6.12. The Morgan fingerprint density at radius 1 is 0.880 bits per heavy atom. The average molecular weight is 692 g/mol. The number of thioether (sulfide) groups is 1. The first kappa shape index (κ1) is 31.8. The molecule has 1 atom stereocenters. The predicted octanol–water partition coefficient (Wildman–Crippen LogP) is 7.81. The summed E-state index contributed by atoms with van der Waals surface area (Å²) in [5.74, 6) is -0.486. The molecule has 246 valence electrons. The zero-order valence-corrected chi connectivity index (χ0v) is 29.2. The average Bonchev–Trinajstić information content (AvgIpc) is 3.67. The van der Waals surface area contributed by atoms with Crippen LogP contribution in [0.25, 0.3) is 33.4 Å². The van der Waals surface area contributed by atoms with E-state index in [1.165, 1.54) is 27.7 Å². The molecule has 0 saturated heterocycles. The molecule has 0 bridgehead atoms. The van der Waals surface area contributed by atoms with E-state index in [0.29, 0.717) is 27.1 Å².